The maximum atomic E-state index is 13.6. The molecule has 2 aromatic rings. The Morgan fingerprint density at radius 3 is 2.70 bits per heavy atom. The third kappa shape index (κ3) is 3.82. The number of hydrazine groups is 1. The number of nitrogens with zero attached hydrogens (tertiary/aromatic N) is 1. The minimum absolute atomic E-state index is 0.131. The summed E-state index contributed by atoms with van der Waals surface area (Å²) in [6.07, 6.45) is 3.50. The largest absolute Gasteiger partial charge is 0.271 e. The second-order valence-corrected chi connectivity index (χ2v) is 4.64. The Bertz CT molecular complexity index is 546. The lowest BCUT2D eigenvalue weighted by Crippen LogP contribution is -2.37. The van der Waals surface area contributed by atoms with Crippen molar-refractivity contribution in [2.75, 3.05) is 0 Å². The monoisotopic (exact) mass is 277 g/mol. The van der Waals surface area contributed by atoms with Crippen molar-refractivity contribution in [3.05, 3.63) is 65.5 Å². The van der Waals surface area contributed by atoms with E-state index < -0.39 is 11.6 Å². The number of aromatic nitrogens is 1. The topological polar surface area (TPSA) is 50.9 Å². The van der Waals surface area contributed by atoms with Crippen molar-refractivity contribution in [2.45, 2.75) is 25.3 Å². The van der Waals surface area contributed by atoms with Gasteiger partial charge >= 0.3 is 0 Å². The number of pyridine rings is 1. The van der Waals surface area contributed by atoms with Crippen molar-refractivity contribution in [3.63, 3.8) is 0 Å². The Hall–Kier alpha value is -1.85. The highest BCUT2D eigenvalue weighted by atomic mass is 19.2. The molecule has 0 aliphatic rings. The van der Waals surface area contributed by atoms with E-state index in [9.17, 15) is 8.78 Å². The zero-order chi connectivity index (χ0) is 14.4. The maximum absolute atomic E-state index is 13.6. The summed E-state index contributed by atoms with van der Waals surface area (Å²) in [4.78, 5) is 4.22. The number of nitrogens with one attached hydrogen (secondary N) is 1. The van der Waals surface area contributed by atoms with Gasteiger partial charge in [-0.2, -0.15) is 0 Å². The Balaban J connectivity index is 1.97. The Kier molecular flexibility index (Phi) is 5.15. The number of benzene rings is 1. The Morgan fingerprint density at radius 1 is 1.15 bits per heavy atom. The first-order chi connectivity index (χ1) is 9.70. The highest BCUT2D eigenvalue weighted by molar-refractivity contribution is 5.20. The summed E-state index contributed by atoms with van der Waals surface area (Å²) in [6, 6.07) is 9.75. The van der Waals surface area contributed by atoms with Crippen LogP contribution in [0.5, 0.6) is 0 Å². The van der Waals surface area contributed by atoms with E-state index >= 15 is 0 Å². The number of hydrogen-bond donors (Lipinski definition) is 2. The summed E-state index contributed by atoms with van der Waals surface area (Å²) in [5, 5.41) is 0. The summed E-state index contributed by atoms with van der Waals surface area (Å²) in [5.74, 6) is 3.86. The molecular weight excluding hydrogens is 260 g/mol. The van der Waals surface area contributed by atoms with Crippen LogP contribution >= 0.6 is 0 Å². The lowest BCUT2D eigenvalue weighted by molar-refractivity contribution is 0.459. The van der Waals surface area contributed by atoms with Gasteiger partial charge < -0.3 is 0 Å². The van der Waals surface area contributed by atoms with E-state index in [1.807, 2.05) is 18.2 Å². The van der Waals surface area contributed by atoms with E-state index in [0.717, 1.165) is 18.2 Å². The van der Waals surface area contributed by atoms with E-state index in [2.05, 4.69) is 10.4 Å². The lowest BCUT2D eigenvalue weighted by Gasteiger charge is -2.16. The molecule has 0 aliphatic carbocycles. The predicted octanol–water partition coefficient (Wildman–Crippen LogP) is 2.37. The lowest BCUT2D eigenvalue weighted by atomic mass is 10.0. The van der Waals surface area contributed by atoms with Crippen LogP contribution in [-0.4, -0.2) is 11.0 Å². The molecule has 3 nitrogen and oxygen atoms in total. The SMILES string of the molecule is NNC(CCc1ccccn1)Cc1cccc(F)c1F. The Morgan fingerprint density at radius 2 is 2.00 bits per heavy atom. The summed E-state index contributed by atoms with van der Waals surface area (Å²) >= 11 is 0. The van der Waals surface area contributed by atoms with Crippen LogP contribution in [-0.2, 0) is 12.8 Å². The zero-order valence-corrected chi connectivity index (χ0v) is 11.0. The molecule has 0 amide bonds. The highest BCUT2D eigenvalue weighted by Gasteiger charge is 2.13. The molecule has 0 radical (unpaired) electrons. The molecule has 1 aromatic carbocycles. The fraction of sp³-hybridized carbons (Fsp3) is 0.267. The van der Waals surface area contributed by atoms with Crippen molar-refractivity contribution in [3.8, 4) is 0 Å². The van der Waals surface area contributed by atoms with Crippen LogP contribution in [0.15, 0.2) is 42.6 Å². The van der Waals surface area contributed by atoms with Gasteiger partial charge in [-0.25, -0.2) is 8.78 Å². The smallest absolute Gasteiger partial charge is 0.162 e. The van der Waals surface area contributed by atoms with Crippen LogP contribution in [0.2, 0.25) is 0 Å². The van der Waals surface area contributed by atoms with Gasteiger partial charge in [0.1, 0.15) is 0 Å². The van der Waals surface area contributed by atoms with Gasteiger partial charge in [-0.1, -0.05) is 18.2 Å². The summed E-state index contributed by atoms with van der Waals surface area (Å²) in [6.45, 7) is 0. The van der Waals surface area contributed by atoms with Crippen molar-refractivity contribution < 1.29 is 8.78 Å². The quantitative estimate of drug-likeness (QED) is 0.629. The number of aryl methyl sites for hydroxylation is 1. The number of nitrogens with two attached hydrogens (primary N) is 1. The van der Waals surface area contributed by atoms with Gasteiger partial charge in [0.15, 0.2) is 11.6 Å². The van der Waals surface area contributed by atoms with Crippen LogP contribution < -0.4 is 11.3 Å². The van der Waals surface area contributed by atoms with Crippen LogP contribution in [0, 0.1) is 11.6 Å². The fourth-order valence-corrected chi connectivity index (χ4v) is 2.08. The van der Waals surface area contributed by atoms with E-state index in [1.165, 1.54) is 6.07 Å². The first-order valence-corrected chi connectivity index (χ1v) is 6.49. The van der Waals surface area contributed by atoms with Gasteiger partial charge in [-0.05, 0) is 43.0 Å². The van der Waals surface area contributed by atoms with Gasteiger partial charge in [0.05, 0.1) is 0 Å². The number of halogens is 2. The van der Waals surface area contributed by atoms with Gasteiger partial charge in [-0.3, -0.25) is 16.3 Å². The third-order valence-corrected chi connectivity index (χ3v) is 3.21. The number of rotatable bonds is 6. The molecule has 0 aliphatic heterocycles. The normalized spacial score (nSPS) is 12.3. The molecule has 0 saturated carbocycles. The predicted molar refractivity (Wildman–Crippen MR) is 73.7 cm³/mol. The summed E-state index contributed by atoms with van der Waals surface area (Å²) in [7, 11) is 0. The van der Waals surface area contributed by atoms with Gasteiger partial charge in [0, 0.05) is 17.9 Å². The molecular formula is C15H17F2N3. The minimum atomic E-state index is -0.831. The van der Waals surface area contributed by atoms with E-state index in [1.54, 1.807) is 12.3 Å². The van der Waals surface area contributed by atoms with Crippen LogP contribution in [0.3, 0.4) is 0 Å². The van der Waals surface area contributed by atoms with Crippen molar-refractivity contribution in [2.24, 2.45) is 5.84 Å². The van der Waals surface area contributed by atoms with E-state index in [0.29, 0.717) is 18.4 Å². The van der Waals surface area contributed by atoms with Crippen molar-refractivity contribution in [1.82, 2.24) is 10.4 Å². The average molecular weight is 277 g/mol. The first-order valence-electron chi connectivity index (χ1n) is 6.49. The van der Waals surface area contributed by atoms with Crippen LogP contribution in [0.4, 0.5) is 8.78 Å². The molecule has 5 heteroatoms. The molecule has 0 spiro atoms. The van der Waals surface area contributed by atoms with E-state index in [-0.39, 0.29) is 6.04 Å². The van der Waals surface area contributed by atoms with Gasteiger partial charge in [0.2, 0.25) is 0 Å². The molecule has 0 fully saturated rings. The minimum Gasteiger partial charge on any atom is -0.271 e. The average Bonchev–Trinajstić information content (AvgIpc) is 2.49. The Labute approximate surface area is 116 Å². The second kappa shape index (κ2) is 7.07. The van der Waals surface area contributed by atoms with Crippen LogP contribution in [0.25, 0.3) is 0 Å². The standard InChI is InChI=1S/C15H17F2N3/c16-14-6-3-4-11(15(14)17)10-13(20-18)8-7-12-5-1-2-9-19-12/h1-6,9,13,20H,7-8,10,18H2. The molecule has 3 N–H and O–H groups in total. The third-order valence-electron chi connectivity index (χ3n) is 3.21. The molecule has 20 heavy (non-hydrogen) atoms. The summed E-state index contributed by atoms with van der Waals surface area (Å²) < 4.78 is 26.8. The molecule has 106 valence electrons. The molecule has 0 bridgehead atoms. The van der Waals surface area contributed by atoms with Crippen molar-refractivity contribution in [1.29, 1.82) is 0 Å². The molecule has 1 aromatic heterocycles. The second-order valence-electron chi connectivity index (χ2n) is 4.64. The van der Waals surface area contributed by atoms with Gasteiger partial charge in [0.25, 0.3) is 0 Å². The molecule has 1 atom stereocenters. The fourth-order valence-electron chi connectivity index (χ4n) is 2.08. The first kappa shape index (κ1) is 14.6. The zero-order valence-electron chi connectivity index (χ0n) is 11.0. The molecule has 1 heterocycles. The maximum Gasteiger partial charge on any atom is 0.162 e. The number of hydrogen-bond acceptors (Lipinski definition) is 3. The van der Waals surface area contributed by atoms with E-state index in [4.69, 9.17) is 5.84 Å². The van der Waals surface area contributed by atoms with Gasteiger partial charge in [-0.15, -0.1) is 0 Å². The van der Waals surface area contributed by atoms with Crippen molar-refractivity contribution >= 4 is 0 Å². The highest BCUT2D eigenvalue weighted by Crippen LogP contribution is 2.15. The molecule has 1 unspecified atom stereocenters. The summed E-state index contributed by atoms with van der Waals surface area (Å²) in [5.41, 5.74) is 3.93. The van der Waals surface area contributed by atoms with Crippen LogP contribution in [0.1, 0.15) is 17.7 Å². The molecule has 2 rings (SSSR count). The molecule has 0 saturated heterocycles.